The third kappa shape index (κ3) is 3.51. The Hall–Kier alpha value is -1.09. The summed E-state index contributed by atoms with van der Waals surface area (Å²) < 4.78 is 0. The molecule has 82 valence electrons. The van der Waals surface area contributed by atoms with Gasteiger partial charge in [-0.1, -0.05) is 19.9 Å². The van der Waals surface area contributed by atoms with E-state index in [9.17, 15) is 4.79 Å². The lowest BCUT2D eigenvalue weighted by atomic mass is 9.95. The molecule has 0 fully saturated rings. The molecular weight excluding hydrogens is 208 g/mol. The number of aliphatic carboxylic acids is 1. The summed E-state index contributed by atoms with van der Waals surface area (Å²) in [5, 5.41) is 11.0. The van der Waals surface area contributed by atoms with Crippen molar-refractivity contribution in [1.29, 1.82) is 0 Å². The quantitative estimate of drug-likeness (QED) is 0.850. The Kier molecular flexibility index (Phi) is 4.09. The van der Waals surface area contributed by atoms with Gasteiger partial charge in [0.1, 0.15) is 0 Å². The Balaban J connectivity index is 2.74. The highest BCUT2D eigenvalue weighted by Crippen LogP contribution is 2.19. The fourth-order valence-corrected chi connectivity index (χ4v) is 2.13. The molecule has 0 aromatic carbocycles. The zero-order valence-corrected chi connectivity index (χ0v) is 10.0. The van der Waals surface area contributed by atoms with E-state index in [1.54, 1.807) is 17.4 Å². The summed E-state index contributed by atoms with van der Waals surface area (Å²) in [6, 6.07) is 2.06. The van der Waals surface area contributed by atoms with E-state index in [0.29, 0.717) is 0 Å². The molecule has 0 saturated heterocycles. The van der Waals surface area contributed by atoms with E-state index in [4.69, 9.17) is 5.11 Å². The monoisotopic (exact) mass is 224 g/mol. The van der Waals surface area contributed by atoms with Gasteiger partial charge in [0.25, 0.3) is 0 Å². The van der Waals surface area contributed by atoms with E-state index < -0.39 is 11.9 Å². The van der Waals surface area contributed by atoms with E-state index in [2.05, 4.69) is 11.4 Å². The summed E-state index contributed by atoms with van der Waals surface area (Å²) in [7, 11) is 0. The van der Waals surface area contributed by atoms with Crippen LogP contribution in [0.3, 0.4) is 0 Å². The Morgan fingerprint density at radius 3 is 2.60 bits per heavy atom. The predicted molar refractivity (Wildman–Crippen MR) is 64.1 cm³/mol. The van der Waals surface area contributed by atoms with Crippen LogP contribution in [0.2, 0.25) is 0 Å². The molecule has 1 N–H and O–H groups in total. The van der Waals surface area contributed by atoms with Crippen molar-refractivity contribution in [3.8, 4) is 0 Å². The van der Waals surface area contributed by atoms with Gasteiger partial charge in [0.2, 0.25) is 0 Å². The van der Waals surface area contributed by atoms with Crippen molar-refractivity contribution in [3.05, 3.63) is 28.0 Å². The first-order chi connectivity index (χ1) is 7.00. The lowest BCUT2D eigenvalue weighted by molar-refractivity contribution is -0.141. The molecule has 1 atom stereocenters. The van der Waals surface area contributed by atoms with E-state index in [1.165, 1.54) is 5.56 Å². The molecule has 0 amide bonds. The smallest absolute Gasteiger partial charge is 0.310 e. The highest BCUT2D eigenvalue weighted by molar-refractivity contribution is 7.11. The maximum Gasteiger partial charge on any atom is 0.310 e. The number of carboxylic acid groups (broad SMARTS) is 1. The van der Waals surface area contributed by atoms with Crippen molar-refractivity contribution in [1.82, 2.24) is 0 Å². The number of rotatable bonds is 4. The van der Waals surface area contributed by atoms with E-state index in [0.717, 1.165) is 4.88 Å². The van der Waals surface area contributed by atoms with Crippen LogP contribution >= 0.6 is 11.3 Å². The van der Waals surface area contributed by atoms with Crippen molar-refractivity contribution in [3.63, 3.8) is 0 Å². The van der Waals surface area contributed by atoms with Gasteiger partial charge in [-0.05, 0) is 35.9 Å². The van der Waals surface area contributed by atoms with Crippen LogP contribution in [0.1, 0.15) is 24.3 Å². The standard InChI is InChI=1S/C12H16O2S/c1-8(2)11(12(13)14)5-4-10-6-9(3)7-15-10/h4-8,11H,1-3H3,(H,13,14). The first-order valence-electron chi connectivity index (χ1n) is 4.97. The van der Waals surface area contributed by atoms with Gasteiger partial charge in [0.15, 0.2) is 0 Å². The third-order valence-corrected chi connectivity index (χ3v) is 3.24. The van der Waals surface area contributed by atoms with Crippen LogP contribution in [-0.2, 0) is 4.79 Å². The van der Waals surface area contributed by atoms with Crippen molar-refractivity contribution in [2.75, 3.05) is 0 Å². The average molecular weight is 224 g/mol. The normalized spacial score (nSPS) is 13.6. The first-order valence-corrected chi connectivity index (χ1v) is 5.85. The number of thiophene rings is 1. The summed E-state index contributed by atoms with van der Waals surface area (Å²) in [6.07, 6.45) is 3.68. The van der Waals surface area contributed by atoms with Gasteiger partial charge in [0, 0.05) is 4.88 Å². The highest BCUT2D eigenvalue weighted by atomic mass is 32.1. The molecule has 1 heterocycles. The zero-order valence-electron chi connectivity index (χ0n) is 9.23. The third-order valence-electron chi connectivity index (χ3n) is 2.22. The van der Waals surface area contributed by atoms with Crippen LogP contribution in [0.5, 0.6) is 0 Å². The van der Waals surface area contributed by atoms with Crippen molar-refractivity contribution >= 4 is 23.4 Å². The minimum absolute atomic E-state index is 0.125. The molecule has 0 radical (unpaired) electrons. The summed E-state index contributed by atoms with van der Waals surface area (Å²) in [6.45, 7) is 5.87. The number of carbonyl (C=O) groups is 1. The van der Waals surface area contributed by atoms with Gasteiger partial charge in [0.05, 0.1) is 5.92 Å². The summed E-state index contributed by atoms with van der Waals surface area (Å²) in [5.41, 5.74) is 1.22. The van der Waals surface area contributed by atoms with Crippen LogP contribution in [0.25, 0.3) is 6.08 Å². The van der Waals surface area contributed by atoms with E-state index >= 15 is 0 Å². The molecule has 1 unspecified atom stereocenters. The maximum absolute atomic E-state index is 10.9. The molecule has 0 spiro atoms. The molecule has 1 rings (SSSR count). The molecule has 0 aliphatic rings. The Bertz CT molecular complexity index is 363. The first kappa shape index (κ1) is 12.0. The van der Waals surface area contributed by atoms with E-state index in [-0.39, 0.29) is 5.92 Å². The topological polar surface area (TPSA) is 37.3 Å². The molecule has 0 aliphatic carbocycles. The minimum atomic E-state index is -0.755. The lowest BCUT2D eigenvalue weighted by Gasteiger charge is -2.10. The number of hydrogen-bond donors (Lipinski definition) is 1. The van der Waals surface area contributed by atoms with Crippen molar-refractivity contribution in [2.45, 2.75) is 20.8 Å². The molecular formula is C12H16O2S. The molecule has 0 aliphatic heterocycles. The van der Waals surface area contributed by atoms with Crippen LogP contribution in [0.4, 0.5) is 0 Å². The van der Waals surface area contributed by atoms with Gasteiger partial charge in [-0.2, -0.15) is 0 Å². The Morgan fingerprint density at radius 1 is 1.53 bits per heavy atom. The molecule has 1 aromatic rings. The Morgan fingerprint density at radius 2 is 2.20 bits per heavy atom. The van der Waals surface area contributed by atoms with Crippen LogP contribution in [-0.4, -0.2) is 11.1 Å². The second kappa shape index (κ2) is 5.12. The second-order valence-electron chi connectivity index (χ2n) is 3.99. The fraction of sp³-hybridized carbons (Fsp3) is 0.417. The fourth-order valence-electron chi connectivity index (χ4n) is 1.33. The SMILES string of the molecule is Cc1csc(C=CC(C(=O)O)C(C)C)c1. The van der Waals surface area contributed by atoms with Gasteiger partial charge < -0.3 is 5.11 Å². The van der Waals surface area contributed by atoms with Crippen molar-refractivity contribution < 1.29 is 9.90 Å². The van der Waals surface area contributed by atoms with Crippen LogP contribution < -0.4 is 0 Å². The van der Waals surface area contributed by atoms with Crippen LogP contribution in [0.15, 0.2) is 17.5 Å². The Labute approximate surface area is 94.3 Å². The number of aryl methyl sites for hydroxylation is 1. The molecule has 0 saturated carbocycles. The molecule has 0 bridgehead atoms. The van der Waals surface area contributed by atoms with Crippen molar-refractivity contribution in [2.24, 2.45) is 11.8 Å². The average Bonchev–Trinajstić information content (AvgIpc) is 2.50. The summed E-state index contributed by atoms with van der Waals surface area (Å²) >= 11 is 1.64. The zero-order chi connectivity index (χ0) is 11.4. The van der Waals surface area contributed by atoms with Gasteiger partial charge >= 0.3 is 5.97 Å². The molecule has 2 nitrogen and oxygen atoms in total. The predicted octanol–water partition coefficient (Wildman–Crippen LogP) is 3.43. The summed E-state index contributed by atoms with van der Waals surface area (Å²) in [4.78, 5) is 12.0. The van der Waals surface area contributed by atoms with Crippen LogP contribution in [0, 0.1) is 18.8 Å². The van der Waals surface area contributed by atoms with Gasteiger partial charge in [-0.25, -0.2) is 0 Å². The highest BCUT2D eigenvalue weighted by Gasteiger charge is 2.17. The molecule has 1 aromatic heterocycles. The second-order valence-corrected chi connectivity index (χ2v) is 4.94. The number of hydrogen-bond acceptors (Lipinski definition) is 2. The maximum atomic E-state index is 10.9. The largest absolute Gasteiger partial charge is 0.481 e. The van der Waals surface area contributed by atoms with Gasteiger partial charge in [-0.3, -0.25) is 4.79 Å². The lowest BCUT2D eigenvalue weighted by Crippen LogP contribution is -2.16. The molecule has 15 heavy (non-hydrogen) atoms. The molecule has 3 heteroatoms. The number of carboxylic acids is 1. The summed E-state index contributed by atoms with van der Waals surface area (Å²) in [5.74, 6) is -1.03. The van der Waals surface area contributed by atoms with E-state index in [1.807, 2.05) is 26.8 Å². The van der Waals surface area contributed by atoms with Gasteiger partial charge in [-0.15, -0.1) is 11.3 Å². The minimum Gasteiger partial charge on any atom is -0.481 e.